The first-order valence-electron chi connectivity index (χ1n) is 7.40. The Bertz CT molecular complexity index is 607. The van der Waals surface area contributed by atoms with Crippen LogP contribution in [0.25, 0.3) is 0 Å². The predicted octanol–water partition coefficient (Wildman–Crippen LogP) is 1.54. The van der Waals surface area contributed by atoms with Crippen molar-refractivity contribution in [2.75, 3.05) is 33.7 Å². The van der Waals surface area contributed by atoms with Gasteiger partial charge in [0.2, 0.25) is 5.91 Å². The van der Waals surface area contributed by atoms with Crippen LogP contribution in [-0.4, -0.2) is 60.5 Å². The number of nitrogens with zero attached hydrogens (tertiary/aromatic N) is 2. The molecule has 5 nitrogen and oxygen atoms in total. The molecule has 2 atom stereocenters. The van der Waals surface area contributed by atoms with Gasteiger partial charge in [0.25, 0.3) is 0 Å². The summed E-state index contributed by atoms with van der Waals surface area (Å²) < 4.78 is 27.1. The van der Waals surface area contributed by atoms with Crippen LogP contribution in [-0.2, 0) is 9.59 Å². The number of carboxylic acid groups (broad SMARTS) is 1. The second-order valence-electron chi connectivity index (χ2n) is 6.05. The molecule has 1 aromatic rings. The van der Waals surface area contributed by atoms with E-state index in [0.29, 0.717) is 13.0 Å². The summed E-state index contributed by atoms with van der Waals surface area (Å²) in [4.78, 5) is 26.5. The number of aliphatic carboxylic acids is 1. The van der Waals surface area contributed by atoms with Crippen molar-refractivity contribution in [3.8, 4) is 0 Å². The van der Waals surface area contributed by atoms with Gasteiger partial charge in [-0.2, -0.15) is 0 Å². The van der Waals surface area contributed by atoms with Gasteiger partial charge in [-0.3, -0.25) is 9.59 Å². The Balaban J connectivity index is 2.06. The minimum Gasteiger partial charge on any atom is -0.480 e. The number of carbonyl (C=O) groups is 2. The molecule has 2 rings (SSSR count). The maximum Gasteiger partial charge on any atom is 0.323 e. The van der Waals surface area contributed by atoms with E-state index in [4.69, 9.17) is 5.11 Å². The van der Waals surface area contributed by atoms with Gasteiger partial charge >= 0.3 is 5.97 Å². The topological polar surface area (TPSA) is 60.9 Å². The van der Waals surface area contributed by atoms with Crippen LogP contribution in [0.4, 0.5) is 8.78 Å². The van der Waals surface area contributed by atoms with Crippen molar-refractivity contribution in [1.82, 2.24) is 9.80 Å². The van der Waals surface area contributed by atoms with E-state index >= 15 is 0 Å². The van der Waals surface area contributed by atoms with E-state index in [1.54, 1.807) is 0 Å². The molecule has 0 bridgehead atoms. The maximum absolute atomic E-state index is 13.8. The van der Waals surface area contributed by atoms with Crippen LogP contribution < -0.4 is 0 Å². The highest BCUT2D eigenvalue weighted by molar-refractivity contribution is 5.86. The highest BCUT2D eigenvalue weighted by Gasteiger charge is 2.47. The summed E-state index contributed by atoms with van der Waals surface area (Å²) in [6, 6.07) is 3.91. The molecule has 0 unspecified atom stereocenters. The zero-order valence-electron chi connectivity index (χ0n) is 13.1. The zero-order chi connectivity index (χ0) is 17.1. The van der Waals surface area contributed by atoms with Crippen LogP contribution in [0.15, 0.2) is 18.2 Å². The summed E-state index contributed by atoms with van der Waals surface area (Å²) >= 11 is 0. The van der Waals surface area contributed by atoms with E-state index < -0.39 is 23.5 Å². The molecule has 0 radical (unpaired) electrons. The van der Waals surface area contributed by atoms with Crippen molar-refractivity contribution in [3.63, 3.8) is 0 Å². The molecule has 1 aromatic carbocycles. The fraction of sp³-hybridized carbons (Fsp3) is 0.500. The first-order chi connectivity index (χ1) is 10.8. The SMILES string of the molecule is CN(C)CCN(CC(=O)O)C(=O)[C@@H]1C[C@@H]1c1cccc(F)c1F. The van der Waals surface area contributed by atoms with E-state index in [2.05, 4.69) is 0 Å². The second kappa shape index (κ2) is 7.04. The molecular formula is C16H20F2N2O3. The first kappa shape index (κ1) is 17.3. The average Bonchev–Trinajstić information content (AvgIpc) is 3.25. The first-order valence-corrected chi connectivity index (χ1v) is 7.40. The third-order valence-electron chi connectivity index (χ3n) is 3.94. The van der Waals surface area contributed by atoms with E-state index in [-0.39, 0.29) is 30.5 Å². The van der Waals surface area contributed by atoms with Gasteiger partial charge in [0.1, 0.15) is 6.54 Å². The lowest BCUT2D eigenvalue weighted by Gasteiger charge is -2.23. The molecule has 1 amide bonds. The van der Waals surface area contributed by atoms with Gasteiger partial charge in [-0.15, -0.1) is 0 Å². The van der Waals surface area contributed by atoms with Gasteiger partial charge in [0.05, 0.1) is 0 Å². The number of benzene rings is 1. The molecule has 126 valence electrons. The summed E-state index contributed by atoms with van der Waals surface area (Å²) in [6.07, 6.45) is 0.414. The molecule has 1 fully saturated rings. The van der Waals surface area contributed by atoms with E-state index in [9.17, 15) is 18.4 Å². The third-order valence-corrected chi connectivity index (χ3v) is 3.94. The predicted molar refractivity (Wildman–Crippen MR) is 80.0 cm³/mol. The van der Waals surface area contributed by atoms with Crippen molar-refractivity contribution in [3.05, 3.63) is 35.4 Å². The number of hydrogen-bond acceptors (Lipinski definition) is 3. The molecule has 23 heavy (non-hydrogen) atoms. The largest absolute Gasteiger partial charge is 0.480 e. The molecule has 0 spiro atoms. The van der Waals surface area contributed by atoms with Crippen LogP contribution in [0.3, 0.4) is 0 Å². The molecule has 0 aliphatic heterocycles. The summed E-state index contributed by atoms with van der Waals surface area (Å²) in [6.45, 7) is 0.430. The Morgan fingerprint density at radius 3 is 2.57 bits per heavy atom. The average molecular weight is 326 g/mol. The minimum atomic E-state index is -1.09. The lowest BCUT2D eigenvalue weighted by atomic mass is 10.1. The fourth-order valence-corrected chi connectivity index (χ4v) is 2.60. The summed E-state index contributed by atoms with van der Waals surface area (Å²) in [5, 5.41) is 8.95. The van der Waals surface area contributed by atoms with E-state index in [1.807, 2.05) is 19.0 Å². The van der Waals surface area contributed by atoms with Gasteiger partial charge < -0.3 is 14.9 Å². The second-order valence-corrected chi connectivity index (χ2v) is 6.05. The maximum atomic E-state index is 13.8. The molecule has 0 heterocycles. The van der Waals surface area contributed by atoms with Gasteiger partial charge in [0, 0.05) is 19.0 Å². The Morgan fingerprint density at radius 1 is 1.26 bits per heavy atom. The lowest BCUT2D eigenvalue weighted by molar-refractivity contribution is -0.145. The summed E-state index contributed by atoms with van der Waals surface area (Å²) in [7, 11) is 3.65. The molecule has 1 N–H and O–H groups in total. The van der Waals surface area contributed by atoms with E-state index in [1.165, 1.54) is 17.0 Å². The number of amides is 1. The molecule has 0 aromatic heterocycles. The number of rotatable bonds is 7. The normalized spacial score (nSPS) is 19.7. The quantitative estimate of drug-likeness (QED) is 0.826. The Labute approximate surface area is 133 Å². The Morgan fingerprint density at radius 2 is 1.96 bits per heavy atom. The third kappa shape index (κ3) is 4.25. The molecule has 1 aliphatic rings. The molecular weight excluding hydrogens is 306 g/mol. The van der Waals surface area contributed by atoms with Crippen LogP contribution in [0.2, 0.25) is 0 Å². The monoisotopic (exact) mass is 326 g/mol. The van der Waals surface area contributed by atoms with Gasteiger partial charge in [-0.1, -0.05) is 12.1 Å². The van der Waals surface area contributed by atoms with Crippen LogP contribution in [0.1, 0.15) is 17.9 Å². The Hall–Kier alpha value is -2.02. The van der Waals surface area contributed by atoms with Gasteiger partial charge in [0.15, 0.2) is 11.6 Å². The number of halogens is 2. The van der Waals surface area contributed by atoms with Crippen LogP contribution in [0.5, 0.6) is 0 Å². The molecule has 1 aliphatic carbocycles. The fourth-order valence-electron chi connectivity index (χ4n) is 2.60. The van der Waals surface area contributed by atoms with Crippen molar-refractivity contribution in [2.24, 2.45) is 5.92 Å². The highest BCUT2D eigenvalue weighted by Crippen LogP contribution is 2.49. The summed E-state index contributed by atoms with van der Waals surface area (Å²) in [5.41, 5.74) is 0.186. The van der Waals surface area contributed by atoms with Crippen molar-refractivity contribution in [2.45, 2.75) is 12.3 Å². The van der Waals surface area contributed by atoms with Gasteiger partial charge in [-0.05, 0) is 38.1 Å². The smallest absolute Gasteiger partial charge is 0.323 e. The van der Waals surface area contributed by atoms with E-state index in [0.717, 1.165) is 6.07 Å². The molecule has 7 heteroatoms. The van der Waals surface area contributed by atoms with Gasteiger partial charge in [-0.25, -0.2) is 8.78 Å². The number of likely N-dealkylation sites (N-methyl/N-ethyl adjacent to an activating group) is 1. The number of carboxylic acids is 1. The minimum absolute atomic E-state index is 0.186. The number of hydrogen-bond donors (Lipinski definition) is 1. The zero-order valence-corrected chi connectivity index (χ0v) is 13.1. The molecule has 1 saturated carbocycles. The van der Waals surface area contributed by atoms with Crippen molar-refractivity contribution < 1.29 is 23.5 Å². The standard InChI is InChI=1S/C16H20F2N2O3/c1-19(2)6-7-20(9-14(21)22)16(23)12-8-11(12)10-4-3-5-13(17)15(10)18/h3-5,11-12H,6-9H2,1-2H3,(H,21,22)/t11-,12-/m1/s1. The number of carbonyl (C=O) groups excluding carboxylic acids is 1. The lowest BCUT2D eigenvalue weighted by Crippen LogP contribution is -2.41. The summed E-state index contributed by atoms with van der Waals surface area (Å²) in [5.74, 6) is -4.13. The van der Waals surface area contributed by atoms with Crippen LogP contribution in [0, 0.1) is 17.6 Å². The highest BCUT2D eigenvalue weighted by atomic mass is 19.2. The van der Waals surface area contributed by atoms with Crippen molar-refractivity contribution in [1.29, 1.82) is 0 Å². The molecule has 0 saturated heterocycles. The Kier molecular flexibility index (Phi) is 5.30. The van der Waals surface area contributed by atoms with Crippen LogP contribution >= 0.6 is 0 Å². The van der Waals surface area contributed by atoms with Crippen molar-refractivity contribution >= 4 is 11.9 Å².